The van der Waals surface area contributed by atoms with Crippen molar-refractivity contribution < 1.29 is 9.90 Å². The number of aromatic nitrogens is 2. The van der Waals surface area contributed by atoms with Crippen molar-refractivity contribution in [3.63, 3.8) is 0 Å². The van der Waals surface area contributed by atoms with Crippen molar-refractivity contribution in [1.29, 1.82) is 0 Å². The van der Waals surface area contributed by atoms with Crippen LogP contribution >= 0.6 is 11.3 Å². The quantitative estimate of drug-likeness (QED) is 0.904. The molecule has 0 aromatic carbocycles. The van der Waals surface area contributed by atoms with Crippen LogP contribution in [0.4, 0.5) is 0 Å². The highest BCUT2D eigenvalue weighted by atomic mass is 32.1. The van der Waals surface area contributed by atoms with E-state index in [1.54, 1.807) is 18.3 Å². The van der Waals surface area contributed by atoms with Gasteiger partial charge < -0.3 is 5.11 Å². The Hall–Kier alpha value is -1.75. The molecule has 0 atom stereocenters. The normalized spacial score (nSPS) is 14.8. The van der Waals surface area contributed by atoms with Crippen LogP contribution in [0, 0.1) is 0 Å². The maximum absolute atomic E-state index is 10.8. The molecule has 2 heterocycles. The van der Waals surface area contributed by atoms with Gasteiger partial charge in [-0.2, -0.15) is 5.10 Å². The second kappa shape index (κ2) is 3.92. The number of thiophene rings is 1. The minimum absolute atomic E-state index is 0.332. The second-order valence-electron chi connectivity index (χ2n) is 4.12. The molecule has 4 nitrogen and oxygen atoms in total. The summed E-state index contributed by atoms with van der Waals surface area (Å²) < 4.78 is 0. The fourth-order valence-corrected chi connectivity index (χ4v) is 2.53. The molecule has 2 aromatic rings. The highest BCUT2D eigenvalue weighted by Gasteiger charge is 2.24. The average molecular weight is 246 g/mol. The fourth-order valence-electron chi connectivity index (χ4n) is 1.73. The van der Waals surface area contributed by atoms with Crippen molar-refractivity contribution in [2.24, 2.45) is 0 Å². The predicted molar refractivity (Wildman–Crippen MR) is 64.3 cm³/mol. The molecule has 1 aliphatic rings. The van der Waals surface area contributed by atoms with Gasteiger partial charge in [0.2, 0.25) is 0 Å². The SMILES string of the molecule is O=C(O)c1ccc(-c2cc(C3CC3)cnn2)s1. The zero-order chi connectivity index (χ0) is 11.8. The maximum atomic E-state index is 10.8. The van der Waals surface area contributed by atoms with Gasteiger partial charge >= 0.3 is 5.97 Å². The Morgan fingerprint density at radius 3 is 2.88 bits per heavy atom. The zero-order valence-corrected chi connectivity index (χ0v) is 9.78. The number of carboxylic acid groups (broad SMARTS) is 1. The van der Waals surface area contributed by atoms with Crippen molar-refractivity contribution in [2.75, 3.05) is 0 Å². The number of carbonyl (C=O) groups is 1. The van der Waals surface area contributed by atoms with Crippen LogP contribution in [-0.4, -0.2) is 21.3 Å². The van der Waals surface area contributed by atoms with E-state index in [-0.39, 0.29) is 0 Å². The summed E-state index contributed by atoms with van der Waals surface area (Å²) >= 11 is 1.23. The van der Waals surface area contributed by atoms with Crippen molar-refractivity contribution >= 4 is 17.3 Å². The van der Waals surface area contributed by atoms with Gasteiger partial charge in [-0.15, -0.1) is 16.4 Å². The maximum Gasteiger partial charge on any atom is 0.345 e. The van der Waals surface area contributed by atoms with Gasteiger partial charge in [0.25, 0.3) is 0 Å². The fraction of sp³-hybridized carbons (Fsp3) is 0.250. The van der Waals surface area contributed by atoms with E-state index < -0.39 is 5.97 Å². The molecule has 0 radical (unpaired) electrons. The Bertz CT molecular complexity index is 575. The van der Waals surface area contributed by atoms with Gasteiger partial charge in [0.05, 0.1) is 11.1 Å². The third-order valence-electron chi connectivity index (χ3n) is 2.79. The molecule has 1 fully saturated rings. The topological polar surface area (TPSA) is 63.1 Å². The molecule has 5 heteroatoms. The molecule has 0 saturated heterocycles. The molecule has 0 aliphatic heterocycles. The van der Waals surface area contributed by atoms with Crippen LogP contribution in [0.5, 0.6) is 0 Å². The first-order valence-corrected chi connectivity index (χ1v) is 6.22. The Morgan fingerprint density at radius 2 is 2.24 bits per heavy atom. The summed E-state index contributed by atoms with van der Waals surface area (Å²) in [5, 5.41) is 16.9. The zero-order valence-electron chi connectivity index (χ0n) is 8.96. The van der Waals surface area contributed by atoms with E-state index in [9.17, 15) is 4.79 Å². The summed E-state index contributed by atoms with van der Waals surface area (Å²) in [5.74, 6) is -0.268. The van der Waals surface area contributed by atoms with E-state index in [2.05, 4.69) is 10.2 Å². The van der Waals surface area contributed by atoms with Crippen LogP contribution in [0.3, 0.4) is 0 Å². The highest BCUT2D eigenvalue weighted by molar-refractivity contribution is 7.17. The van der Waals surface area contributed by atoms with Crippen molar-refractivity contribution in [3.05, 3.63) is 34.8 Å². The van der Waals surface area contributed by atoms with Crippen LogP contribution < -0.4 is 0 Å². The molecule has 17 heavy (non-hydrogen) atoms. The van der Waals surface area contributed by atoms with E-state index in [1.807, 2.05) is 6.07 Å². The largest absolute Gasteiger partial charge is 0.477 e. The van der Waals surface area contributed by atoms with Crippen molar-refractivity contribution in [1.82, 2.24) is 10.2 Å². The highest BCUT2D eigenvalue weighted by Crippen LogP contribution is 2.40. The van der Waals surface area contributed by atoms with Crippen molar-refractivity contribution in [3.8, 4) is 10.6 Å². The molecule has 86 valence electrons. The number of nitrogens with zero attached hydrogens (tertiary/aromatic N) is 2. The number of rotatable bonds is 3. The van der Waals surface area contributed by atoms with E-state index in [1.165, 1.54) is 29.7 Å². The van der Waals surface area contributed by atoms with Gasteiger partial charge in [-0.25, -0.2) is 4.79 Å². The van der Waals surface area contributed by atoms with Crippen LogP contribution in [0.15, 0.2) is 24.4 Å². The van der Waals surface area contributed by atoms with E-state index in [4.69, 9.17) is 5.11 Å². The molecule has 1 saturated carbocycles. The van der Waals surface area contributed by atoms with Crippen molar-refractivity contribution in [2.45, 2.75) is 18.8 Å². The lowest BCUT2D eigenvalue weighted by Crippen LogP contribution is -1.90. The van der Waals surface area contributed by atoms with Gasteiger partial charge in [-0.05, 0) is 42.5 Å². The Balaban J connectivity index is 1.96. The molecule has 0 bridgehead atoms. The van der Waals surface area contributed by atoms with E-state index in [0.29, 0.717) is 10.8 Å². The third kappa shape index (κ3) is 2.06. The van der Waals surface area contributed by atoms with E-state index >= 15 is 0 Å². The van der Waals surface area contributed by atoms with Gasteiger partial charge in [0.15, 0.2) is 0 Å². The molecular weight excluding hydrogens is 236 g/mol. The molecule has 1 aliphatic carbocycles. The van der Waals surface area contributed by atoms with Crippen LogP contribution in [0.1, 0.15) is 34.0 Å². The summed E-state index contributed by atoms with van der Waals surface area (Å²) in [6.07, 6.45) is 4.23. The lowest BCUT2D eigenvalue weighted by Gasteiger charge is -1.99. The number of aromatic carboxylic acids is 1. The monoisotopic (exact) mass is 246 g/mol. The van der Waals surface area contributed by atoms with Crippen LogP contribution in [0.25, 0.3) is 10.6 Å². The van der Waals surface area contributed by atoms with Gasteiger partial charge in [0, 0.05) is 0 Å². The lowest BCUT2D eigenvalue weighted by molar-refractivity contribution is 0.0702. The predicted octanol–water partition coefficient (Wildman–Crippen LogP) is 2.78. The van der Waals surface area contributed by atoms with Crippen LogP contribution in [0.2, 0.25) is 0 Å². The standard InChI is InChI=1S/C12H10N2O2S/c15-12(16)11-4-3-10(17-11)9-5-8(6-13-14-9)7-1-2-7/h3-7H,1-2H2,(H,15,16). The van der Waals surface area contributed by atoms with Crippen LogP contribution in [-0.2, 0) is 0 Å². The summed E-state index contributed by atoms with van der Waals surface area (Å²) in [6, 6.07) is 5.41. The summed E-state index contributed by atoms with van der Waals surface area (Å²) in [4.78, 5) is 12.0. The smallest absolute Gasteiger partial charge is 0.345 e. The lowest BCUT2D eigenvalue weighted by atomic mass is 10.2. The molecule has 2 aromatic heterocycles. The Labute approximate surface area is 102 Å². The Kier molecular flexibility index (Phi) is 2.40. The molecule has 1 N–H and O–H groups in total. The molecule has 3 rings (SSSR count). The number of carboxylic acids is 1. The summed E-state index contributed by atoms with van der Waals surface area (Å²) in [7, 11) is 0. The first kappa shape index (κ1) is 10.4. The van der Waals surface area contributed by atoms with Gasteiger partial charge in [0.1, 0.15) is 10.6 Å². The summed E-state index contributed by atoms with van der Waals surface area (Å²) in [6.45, 7) is 0. The second-order valence-corrected chi connectivity index (χ2v) is 5.20. The average Bonchev–Trinajstić information content (AvgIpc) is 3.06. The molecule has 0 unspecified atom stereocenters. The minimum atomic E-state index is -0.896. The Morgan fingerprint density at radius 1 is 1.41 bits per heavy atom. The van der Waals surface area contributed by atoms with Gasteiger partial charge in [-0.3, -0.25) is 0 Å². The van der Waals surface area contributed by atoms with E-state index in [0.717, 1.165) is 10.6 Å². The molecule has 0 spiro atoms. The minimum Gasteiger partial charge on any atom is -0.477 e. The first-order valence-electron chi connectivity index (χ1n) is 5.40. The third-order valence-corrected chi connectivity index (χ3v) is 3.89. The number of hydrogen-bond acceptors (Lipinski definition) is 4. The number of hydrogen-bond donors (Lipinski definition) is 1. The molecular formula is C12H10N2O2S. The molecule has 0 amide bonds. The van der Waals surface area contributed by atoms with Gasteiger partial charge in [-0.1, -0.05) is 0 Å². The summed E-state index contributed by atoms with van der Waals surface area (Å²) in [5.41, 5.74) is 1.98. The first-order chi connectivity index (χ1) is 8.24.